The van der Waals surface area contributed by atoms with Gasteiger partial charge in [0, 0.05) is 33.4 Å². The van der Waals surface area contributed by atoms with Gasteiger partial charge in [0.1, 0.15) is 0 Å². The molecule has 0 heterocycles. The largest absolute Gasteiger partial charge is 0.101 e. The lowest BCUT2D eigenvalue weighted by atomic mass is 9.86. The summed E-state index contributed by atoms with van der Waals surface area (Å²) in [5, 5.41) is 2.98. The van der Waals surface area contributed by atoms with Crippen LogP contribution >= 0.6 is 0 Å². The molecule has 1 aliphatic carbocycles. The molecule has 1 aliphatic rings. The van der Waals surface area contributed by atoms with Crippen molar-refractivity contribution in [2.24, 2.45) is 47.3 Å². The van der Waals surface area contributed by atoms with Gasteiger partial charge in [0.25, 0.3) is 0 Å². The molecule has 0 saturated heterocycles. The standard InChI is InChI=1S/C72H112Si2/c1-21-31-61-49-67(47-59(13)39-29-25-35-55(7)8)63(51-65(61)45-57(11)37-27-23-33-53(3)4)41-43-69-71(73(15,16)17)70(72(69)74(18,19)20)44-42-64-52-66(46-58(12)38-28-24-34-54(5)6)62(32-22-2)50-68(64)48-60(14)40-30-26-36-56(9)10/h49-60H,23-30,33-40,45-48H2,1-20H3/t57-,58-,59-,60-/m0/s1. The second kappa shape index (κ2) is 32.4. The first kappa shape index (κ1) is 64.9. The van der Waals surface area contributed by atoms with E-state index in [-0.39, 0.29) is 0 Å². The summed E-state index contributed by atoms with van der Waals surface area (Å²) in [4.78, 5) is 0. The van der Waals surface area contributed by atoms with E-state index in [1.54, 1.807) is 0 Å². The third kappa shape index (κ3) is 23.1. The minimum absolute atomic E-state index is 0.593. The fraction of sp³-hybridized carbons (Fsp3) is 0.667. The minimum atomic E-state index is -1.88. The Kier molecular flexibility index (Phi) is 28.4. The molecule has 2 aromatic carbocycles. The highest BCUT2D eigenvalue weighted by Crippen LogP contribution is 2.45. The molecule has 0 bridgehead atoms. The number of unbranched alkanes of at least 4 members (excludes halogenated alkanes) is 4. The van der Waals surface area contributed by atoms with E-state index < -0.39 is 16.1 Å². The van der Waals surface area contributed by atoms with Gasteiger partial charge in [-0.15, -0.1) is 11.8 Å². The van der Waals surface area contributed by atoms with Crippen molar-refractivity contribution in [2.75, 3.05) is 0 Å². The van der Waals surface area contributed by atoms with Crippen LogP contribution in [-0.4, -0.2) is 16.1 Å². The highest BCUT2D eigenvalue weighted by Gasteiger charge is 2.41. The normalized spacial score (nSPS) is 14.5. The molecule has 3 rings (SSSR count). The Morgan fingerprint density at radius 3 is 0.730 bits per heavy atom. The van der Waals surface area contributed by atoms with Gasteiger partial charge >= 0.3 is 0 Å². The lowest BCUT2D eigenvalue weighted by Crippen LogP contribution is -2.39. The third-order valence-electron chi connectivity index (χ3n) is 15.5. The van der Waals surface area contributed by atoms with Gasteiger partial charge in [0.15, 0.2) is 0 Å². The first-order valence-corrected chi connectivity index (χ1v) is 37.6. The Balaban J connectivity index is 2.25. The molecule has 0 amide bonds. The van der Waals surface area contributed by atoms with E-state index >= 15 is 0 Å². The van der Waals surface area contributed by atoms with Crippen molar-refractivity contribution in [2.45, 2.75) is 265 Å². The molecule has 0 N–H and O–H groups in total. The monoisotopic (exact) mass is 1030 g/mol. The van der Waals surface area contributed by atoms with E-state index in [4.69, 9.17) is 0 Å². The van der Waals surface area contributed by atoms with Crippen LogP contribution in [0.2, 0.25) is 39.3 Å². The number of hydrogen-bond acceptors (Lipinski definition) is 0. The highest BCUT2D eigenvalue weighted by atomic mass is 28.3. The molecule has 2 heteroatoms. The fourth-order valence-corrected chi connectivity index (χ4v) is 15.3. The van der Waals surface area contributed by atoms with E-state index in [1.165, 1.54) is 169 Å². The maximum absolute atomic E-state index is 4.01. The maximum atomic E-state index is 4.01. The average Bonchev–Trinajstić information content (AvgIpc) is 3.27. The average molecular weight is 1030 g/mol. The van der Waals surface area contributed by atoms with Crippen molar-refractivity contribution in [3.63, 3.8) is 0 Å². The zero-order chi connectivity index (χ0) is 55.2. The number of benzene rings is 2. The van der Waals surface area contributed by atoms with E-state index in [0.29, 0.717) is 23.7 Å². The van der Waals surface area contributed by atoms with Crippen LogP contribution in [-0.2, 0) is 25.7 Å². The number of allylic oxidation sites excluding steroid dienone is 4. The van der Waals surface area contributed by atoms with Gasteiger partial charge in [-0.3, -0.25) is 0 Å². The minimum Gasteiger partial charge on any atom is -0.101 e. The van der Waals surface area contributed by atoms with Crippen LogP contribution < -0.4 is 0 Å². The van der Waals surface area contributed by atoms with Crippen LogP contribution in [0.3, 0.4) is 0 Å². The topological polar surface area (TPSA) is 0 Å². The Morgan fingerprint density at radius 2 is 0.527 bits per heavy atom. The quantitative estimate of drug-likeness (QED) is 0.0416. The number of hydrogen-bond donors (Lipinski definition) is 0. The van der Waals surface area contributed by atoms with Gasteiger partial charge in [-0.05, 0) is 144 Å². The van der Waals surface area contributed by atoms with Crippen LogP contribution in [0.1, 0.15) is 244 Å². The first-order chi connectivity index (χ1) is 34.8. The van der Waals surface area contributed by atoms with Gasteiger partial charge in [-0.1, -0.05) is 261 Å². The predicted molar refractivity (Wildman–Crippen MR) is 337 cm³/mol. The molecule has 0 nitrogen and oxygen atoms in total. The van der Waals surface area contributed by atoms with E-state index in [2.05, 4.69) is 194 Å². The second-order valence-corrected chi connectivity index (χ2v) is 37.5. The molecule has 0 aliphatic heterocycles. The lowest BCUT2D eigenvalue weighted by Gasteiger charge is -2.38. The molecule has 0 radical (unpaired) electrons. The molecule has 2 aromatic rings. The Morgan fingerprint density at radius 1 is 0.311 bits per heavy atom. The van der Waals surface area contributed by atoms with Crippen LogP contribution in [0.5, 0.6) is 0 Å². The first-order valence-electron chi connectivity index (χ1n) is 30.6. The van der Waals surface area contributed by atoms with E-state index in [1.807, 2.05) is 13.8 Å². The smallest absolute Gasteiger partial charge is 0.0808 e. The van der Waals surface area contributed by atoms with Crippen molar-refractivity contribution in [1.82, 2.24) is 0 Å². The van der Waals surface area contributed by atoms with E-state index in [0.717, 1.165) is 49.4 Å². The summed E-state index contributed by atoms with van der Waals surface area (Å²) in [5.74, 6) is 35.2. The van der Waals surface area contributed by atoms with Gasteiger partial charge in [-0.25, -0.2) is 0 Å². The van der Waals surface area contributed by atoms with Gasteiger partial charge < -0.3 is 0 Å². The van der Waals surface area contributed by atoms with Crippen molar-refractivity contribution < 1.29 is 0 Å². The molecule has 408 valence electrons. The van der Waals surface area contributed by atoms with Crippen LogP contribution in [0, 0.1) is 94.7 Å². The molecule has 0 saturated carbocycles. The zero-order valence-corrected chi connectivity index (χ0v) is 54.1. The van der Waals surface area contributed by atoms with Crippen LogP contribution in [0.15, 0.2) is 45.8 Å². The molecule has 74 heavy (non-hydrogen) atoms. The summed E-state index contributed by atoms with van der Waals surface area (Å²) in [6.45, 7) is 47.7. The van der Waals surface area contributed by atoms with Crippen LogP contribution in [0.25, 0.3) is 0 Å². The molecule has 4 atom stereocenters. The molecule has 0 aromatic heterocycles. The predicted octanol–water partition coefficient (Wildman–Crippen LogP) is 20.8. The lowest BCUT2D eigenvalue weighted by molar-refractivity contribution is 0.459. The summed E-state index contributed by atoms with van der Waals surface area (Å²) in [5.41, 5.74) is 13.1. The Labute approximate surface area is 463 Å². The molecule has 0 spiro atoms. The van der Waals surface area contributed by atoms with Crippen molar-refractivity contribution in [1.29, 1.82) is 0 Å². The summed E-state index contributed by atoms with van der Waals surface area (Å²) < 4.78 is 0. The fourth-order valence-electron chi connectivity index (χ4n) is 11.3. The van der Waals surface area contributed by atoms with Gasteiger partial charge in [-0.2, -0.15) is 0 Å². The number of rotatable bonds is 30. The van der Waals surface area contributed by atoms with Gasteiger partial charge in [0.2, 0.25) is 0 Å². The van der Waals surface area contributed by atoms with E-state index in [9.17, 15) is 0 Å². The zero-order valence-electron chi connectivity index (χ0n) is 52.1. The van der Waals surface area contributed by atoms with Crippen molar-refractivity contribution >= 4 is 16.1 Å². The van der Waals surface area contributed by atoms with Crippen molar-refractivity contribution in [3.8, 4) is 47.4 Å². The van der Waals surface area contributed by atoms with Crippen LogP contribution in [0.4, 0.5) is 0 Å². The third-order valence-corrected chi connectivity index (χ3v) is 19.5. The second-order valence-electron chi connectivity index (χ2n) is 27.5. The molecular formula is C72H112Si2. The molecular weight excluding hydrogens is 921 g/mol. The summed E-state index contributed by atoms with van der Waals surface area (Å²) in [7, 11) is -3.76. The molecule has 0 unspecified atom stereocenters. The van der Waals surface area contributed by atoms with Gasteiger partial charge in [0.05, 0.1) is 16.1 Å². The Bertz CT molecular complexity index is 2200. The van der Waals surface area contributed by atoms with Crippen molar-refractivity contribution in [3.05, 3.63) is 90.3 Å². The Hall–Kier alpha value is -3.41. The maximum Gasteiger partial charge on any atom is 0.0808 e. The summed E-state index contributed by atoms with van der Waals surface area (Å²) in [6, 6.07) is 9.87. The summed E-state index contributed by atoms with van der Waals surface area (Å²) >= 11 is 0. The highest BCUT2D eigenvalue weighted by molar-refractivity contribution is 6.89. The summed E-state index contributed by atoms with van der Waals surface area (Å²) in [6.07, 6.45) is 25.0. The SMILES string of the molecule is CC#Cc1cc(C[C@@H](C)CCCCC(C)C)c(C#CC2=C([Si](C)(C)C)C(C#Cc3cc(C[C@@H](C)CCCCC(C)C)c(C#CC)cc3C[C@@H](C)CCCCC(C)C)=C2[Si](C)(C)C)cc1C[C@@H](C)CCCCC(C)C. The molecule has 0 fully saturated rings.